The van der Waals surface area contributed by atoms with E-state index in [0.29, 0.717) is 6.04 Å². The zero-order valence-electron chi connectivity index (χ0n) is 11.5. The number of anilines is 2. The maximum Gasteiger partial charge on any atom is 0.0400 e. The number of likely N-dealkylation sites (tertiary alicyclic amines) is 1. The Morgan fingerprint density at radius 1 is 1.12 bits per heavy atom. The van der Waals surface area contributed by atoms with E-state index in [0.717, 1.165) is 12.2 Å². The minimum atomic E-state index is 0.607. The fourth-order valence-electron chi connectivity index (χ4n) is 2.02. The van der Waals surface area contributed by atoms with Gasteiger partial charge in [0.05, 0.1) is 0 Å². The predicted molar refractivity (Wildman–Crippen MR) is 76.9 cm³/mol. The summed E-state index contributed by atoms with van der Waals surface area (Å²) in [6.45, 7) is 6.35. The maximum atomic E-state index is 3.55. The van der Waals surface area contributed by atoms with Gasteiger partial charge in [0.15, 0.2) is 0 Å². The van der Waals surface area contributed by atoms with Crippen molar-refractivity contribution in [1.29, 1.82) is 0 Å². The first-order chi connectivity index (χ1) is 8.28. The van der Waals surface area contributed by atoms with Crippen molar-refractivity contribution < 1.29 is 0 Å². The molecule has 0 amide bonds. The average molecular weight is 235 g/mol. The van der Waals surface area contributed by atoms with E-state index >= 15 is 0 Å². The third kappa shape index (κ3) is 4.27. The quantitative estimate of drug-likeness (QED) is 0.843. The van der Waals surface area contributed by atoms with Crippen LogP contribution in [0, 0.1) is 0 Å². The normalized spacial score (nSPS) is 19.4. The zero-order valence-corrected chi connectivity index (χ0v) is 11.5. The lowest BCUT2D eigenvalue weighted by Crippen LogP contribution is -2.23. The minimum Gasteiger partial charge on any atom is -0.388 e. The Balaban J connectivity index is 0.000000686. The molecule has 1 unspecified atom stereocenters. The molecule has 1 atom stereocenters. The Labute approximate surface area is 105 Å². The maximum absolute atomic E-state index is 3.55. The van der Waals surface area contributed by atoms with Crippen LogP contribution in [0.4, 0.5) is 11.4 Å². The largest absolute Gasteiger partial charge is 0.388 e. The Morgan fingerprint density at radius 2 is 1.71 bits per heavy atom. The fraction of sp³-hybridized carbons (Fsp3) is 0.571. The molecule has 3 nitrogen and oxygen atoms in total. The summed E-state index contributed by atoms with van der Waals surface area (Å²) in [4.78, 5) is 2.36. The summed E-state index contributed by atoms with van der Waals surface area (Å²) in [6, 6.07) is 9.06. The molecule has 17 heavy (non-hydrogen) atoms. The number of rotatable bonds is 3. The van der Waals surface area contributed by atoms with Gasteiger partial charge in [0.2, 0.25) is 0 Å². The molecule has 96 valence electrons. The minimum absolute atomic E-state index is 0.607. The topological polar surface area (TPSA) is 27.3 Å². The first-order valence-corrected chi connectivity index (χ1v) is 6.51. The molecule has 1 aliphatic rings. The van der Waals surface area contributed by atoms with Gasteiger partial charge < -0.3 is 15.5 Å². The number of nitrogens with zero attached hydrogens (tertiary/aromatic N) is 1. The van der Waals surface area contributed by atoms with Crippen molar-refractivity contribution in [2.75, 3.05) is 37.8 Å². The summed E-state index contributed by atoms with van der Waals surface area (Å²) in [5.74, 6) is 0. The van der Waals surface area contributed by atoms with Crippen LogP contribution in [0.5, 0.6) is 0 Å². The number of nitrogens with one attached hydrogen (secondary N) is 2. The molecule has 0 spiro atoms. The van der Waals surface area contributed by atoms with Gasteiger partial charge >= 0.3 is 0 Å². The third-order valence-corrected chi connectivity index (χ3v) is 2.94. The van der Waals surface area contributed by atoms with Gasteiger partial charge in [-0.3, -0.25) is 0 Å². The molecule has 0 bridgehead atoms. The van der Waals surface area contributed by atoms with Gasteiger partial charge in [0.25, 0.3) is 0 Å². The highest BCUT2D eigenvalue weighted by molar-refractivity contribution is 5.53. The van der Waals surface area contributed by atoms with Crippen molar-refractivity contribution in [1.82, 2.24) is 4.90 Å². The Bertz CT molecular complexity index is 308. The molecule has 0 aromatic heterocycles. The first kappa shape index (κ1) is 13.8. The van der Waals surface area contributed by atoms with Gasteiger partial charge in [0, 0.05) is 31.0 Å². The van der Waals surface area contributed by atoms with Gasteiger partial charge in [-0.25, -0.2) is 0 Å². The summed E-state index contributed by atoms with van der Waals surface area (Å²) >= 11 is 0. The molecular weight excluding hydrogens is 210 g/mol. The van der Waals surface area contributed by atoms with E-state index in [4.69, 9.17) is 0 Å². The highest BCUT2D eigenvalue weighted by Crippen LogP contribution is 2.17. The van der Waals surface area contributed by atoms with Crippen LogP contribution in [0.2, 0.25) is 0 Å². The van der Waals surface area contributed by atoms with E-state index in [2.05, 4.69) is 46.8 Å². The van der Waals surface area contributed by atoms with Crippen LogP contribution in [0.15, 0.2) is 24.3 Å². The van der Waals surface area contributed by atoms with Crippen molar-refractivity contribution in [3.63, 3.8) is 0 Å². The fourth-order valence-corrected chi connectivity index (χ4v) is 2.02. The summed E-state index contributed by atoms with van der Waals surface area (Å²) < 4.78 is 0. The monoisotopic (exact) mass is 235 g/mol. The molecule has 1 aromatic rings. The molecule has 0 radical (unpaired) electrons. The van der Waals surface area contributed by atoms with E-state index in [1.165, 1.54) is 18.7 Å². The third-order valence-electron chi connectivity index (χ3n) is 2.94. The van der Waals surface area contributed by atoms with E-state index in [1.807, 2.05) is 20.9 Å². The second-order valence-corrected chi connectivity index (χ2v) is 4.22. The lowest BCUT2D eigenvalue weighted by Gasteiger charge is -2.14. The Morgan fingerprint density at radius 3 is 2.18 bits per heavy atom. The predicted octanol–water partition coefficient (Wildman–Crippen LogP) is 2.87. The molecule has 1 aliphatic heterocycles. The van der Waals surface area contributed by atoms with Gasteiger partial charge in [-0.2, -0.15) is 0 Å². The molecular formula is C14H25N3. The molecule has 0 aliphatic carbocycles. The number of benzene rings is 1. The van der Waals surface area contributed by atoms with Crippen molar-refractivity contribution >= 4 is 11.4 Å². The van der Waals surface area contributed by atoms with Crippen LogP contribution >= 0.6 is 0 Å². The average Bonchev–Trinajstić information content (AvgIpc) is 2.78. The van der Waals surface area contributed by atoms with Crippen LogP contribution in [0.3, 0.4) is 0 Å². The van der Waals surface area contributed by atoms with Crippen molar-refractivity contribution in [2.45, 2.75) is 26.3 Å². The van der Waals surface area contributed by atoms with E-state index in [1.54, 1.807) is 0 Å². The highest BCUT2D eigenvalue weighted by Gasteiger charge is 2.18. The second-order valence-electron chi connectivity index (χ2n) is 4.22. The van der Waals surface area contributed by atoms with Crippen LogP contribution < -0.4 is 10.6 Å². The molecule has 1 saturated heterocycles. The summed E-state index contributed by atoms with van der Waals surface area (Å²) in [7, 11) is 4.11. The van der Waals surface area contributed by atoms with E-state index in [-0.39, 0.29) is 0 Å². The Hall–Kier alpha value is -1.22. The summed E-state index contributed by atoms with van der Waals surface area (Å²) in [5, 5.41) is 6.67. The van der Waals surface area contributed by atoms with Gasteiger partial charge in [0.1, 0.15) is 0 Å². The Kier molecular flexibility index (Phi) is 5.84. The van der Waals surface area contributed by atoms with Crippen LogP contribution in [0.25, 0.3) is 0 Å². The molecule has 0 saturated carbocycles. The molecule has 2 rings (SSSR count). The van der Waals surface area contributed by atoms with E-state index in [9.17, 15) is 0 Å². The molecule has 1 heterocycles. The van der Waals surface area contributed by atoms with Gasteiger partial charge in [-0.05, 0) is 44.3 Å². The SMILES string of the molecule is CC.CNc1ccc(NC2CCN(C)C2)cc1. The zero-order chi connectivity index (χ0) is 12.7. The van der Waals surface area contributed by atoms with Crippen LogP contribution in [0.1, 0.15) is 20.3 Å². The molecule has 1 fully saturated rings. The summed E-state index contributed by atoms with van der Waals surface area (Å²) in [5.41, 5.74) is 2.37. The lowest BCUT2D eigenvalue weighted by atomic mass is 10.2. The second kappa shape index (κ2) is 7.17. The van der Waals surface area contributed by atoms with Crippen molar-refractivity contribution in [3.05, 3.63) is 24.3 Å². The number of likely N-dealkylation sites (N-methyl/N-ethyl adjacent to an activating group) is 1. The molecule has 3 heteroatoms. The highest BCUT2D eigenvalue weighted by atomic mass is 15.2. The van der Waals surface area contributed by atoms with Crippen LogP contribution in [-0.2, 0) is 0 Å². The van der Waals surface area contributed by atoms with Gasteiger partial charge in [-0.1, -0.05) is 13.8 Å². The lowest BCUT2D eigenvalue weighted by molar-refractivity contribution is 0.414. The van der Waals surface area contributed by atoms with Crippen molar-refractivity contribution in [3.8, 4) is 0 Å². The molecule has 2 N–H and O–H groups in total. The number of hydrogen-bond acceptors (Lipinski definition) is 3. The first-order valence-electron chi connectivity index (χ1n) is 6.51. The van der Waals surface area contributed by atoms with Crippen LogP contribution in [-0.4, -0.2) is 38.1 Å². The summed E-state index contributed by atoms with van der Waals surface area (Å²) in [6.07, 6.45) is 1.24. The van der Waals surface area contributed by atoms with Crippen molar-refractivity contribution in [2.24, 2.45) is 0 Å². The smallest absolute Gasteiger partial charge is 0.0400 e. The van der Waals surface area contributed by atoms with E-state index < -0.39 is 0 Å². The van der Waals surface area contributed by atoms with Gasteiger partial charge in [-0.15, -0.1) is 0 Å². The number of hydrogen-bond donors (Lipinski definition) is 2. The standard InChI is InChI=1S/C12H19N3.C2H6/c1-13-10-3-5-11(6-4-10)14-12-7-8-15(2)9-12;1-2/h3-6,12-14H,7-9H2,1-2H3;1-2H3. The molecule has 1 aromatic carbocycles.